The van der Waals surface area contributed by atoms with Gasteiger partial charge in [-0.05, 0) is 36.5 Å². The maximum absolute atomic E-state index is 6.05. The molecule has 3 rings (SSSR count). The van der Waals surface area contributed by atoms with E-state index in [4.69, 9.17) is 28.6 Å². The van der Waals surface area contributed by atoms with Crippen molar-refractivity contribution in [3.8, 4) is 11.4 Å². The van der Waals surface area contributed by atoms with E-state index >= 15 is 0 Å². The van der Waals surface area contributed by atoms with Crippen molar-refractivity contribution in [3.05, 3.63) is 63.6 Å². The van der Waals surface area contributed by atoms with Gasteiger partial charge < -0.3 is 4.74 Å². The van der Waals surface area contributed by atoms with Crippen LogP contribution in [-0.2, 0) is 0 Å². The van der Waals surface area contributed by atoms with Crippen LogP contribution in [0.5, 0.6) is 5.75 Å². The Labute approximate surface area is 152 Å². The van der Waals surface area contributed by atoms with Crippen LogP contribution < -0.4 is 4.74 Å². The molecular weight excluding hydrogens is 368 g/mol. The number of para-hydroxylation sites is 2. The second-order valence-corrected chi connectivity index (χ2v) is 7.88. The zero-order valence-electron chi connectivity index (χ0n) is 12.0. The van der Waals surface area contributed by atoms with Crippen molar-refractivity contribution >= 4 is 46.9 Å². The van der Waals surface area contributed by atoms with E-state index in [0.29, 0.717) is 17.4 Å². The highest BCUT2D eigenvalue weighted by Gasteiger charge is 2.06. The third-order valence-corrected chi connectivity index (χ3v) is 5.58. The lowest BCUT2D eigenvalue weighted by molar-refractivity contribution is 0.344. The molecule has 0 unspecified atom stereocenters. The number of ether oxygens (including phenoxy) is 1. The summed E-state index contributed by atoms with van der Waals surface area (Å²) in [6.45, 7) is 0.562. The minimum atomic E-state index is 0.562. The fraction of sp³-hybridized carbons (Fsp3) is 0.125. The molecular formula is C16H13ClN2OS3. The smallest absolute Gasteiger partial charge is 0.184 e. The lowest BCUT2D eigenvalue weighted by Crippen LogP contribution is -2.00. The summed E-state index contributed by atoms with van der Waals surface area (Å²) in [6, 6.07) is 17.4. The summed E-state index contributed by atoms with van der Waals surface area (Å²) in [4.78, 5) is 0. The van der Waals surface area contributed by atoms with Crippen molar-refractivity contribution in [3.63, 3.8) is 0 Å². The van der Waals surface area contributed by atoms with Crippen molar-refractivity contribution in [1.82, 2.24) is 9.78 Å². The molecule has 3 aromatic rings. The molecule has 3 nitrogen and oxygen atoms in total. The number of thioether (sulfide) groups is 1. The monoisotopic (exact) mass is 380 g/mol. The number of hydrogen-bond donors (Lipinski definition) is 0. The normalized spacial score (nSPS) is 10.7. The van der Waals surface area contributed by atoms with Crippen LogP contribution in [0.4, 0.5) is 0 Å². The molecule has 0 radical (unpaired) electrons. The highest BCUT2D eigenvalue weighted by molar-refractivity contribution is 8.01. The molecule has 2 aromatic carbocycles. The molecule has 0 saturated carbocycles. The maximum Gasteiger partial charge on any atom is 0.184 e. The first kappa shape index (κ1) is 16.5. The van der Waals surface area contributed by atoms with Crippen LogP contribution in [0.3, 0.4) is 0 Å². The van der Waals surface area contributed by atoms with Crippen LogP contribution in [0.25, 0.3) is 5.69 Å². The molecule has 118 valence electrons. The van der Waals surface area contributed by atoms with Gasteiger partial charge in [0.2, 0.25) is 0 Å². The summed E-state index contributed by atoms with van der Waals surface area (Å²) < 4.78 is 9.13. The molecule has 0 aliphatic heterocycles. The number of hydrogen-bond acceptors (Lipinski definition) is 5. The Morgan fingerprint density at radius 3 is 2.65 bits per heavy atom. The van der Waals surface area contributed by atoms with E-state index in [1.54, 1.807) is 16.4 Å². The fourth-order valence-corrected chi connectivity index (χ4v) is 4.33. The number of halogens is 1. The minimum Gasteiger partial charge on any atom is -0.491 e. The van der Waals surface area contributed by atoms with Crippen LogP contribution >= 0.6 is 46.9 Å². The molecule has 0 N–H and O–H groups in total. The average Bonchev–Trinajstić information content (AvgIpc) is 2.95. The minimum absolute atomic E-state index is 0.562. The maximum atomic E-state index is 6.05. The lowest BCUT2D eigenvalue weighted by Gasteiger charge is -2.06. The van der Waals surface area contributed by atoms with Crippen LogP contribution in [0.1, 0.15) is 0 Å². The van der Waals surface area contributed by atoms with Crippen molar-refractivity contribution < 1.29 is 4.74 Å². The molecule has 0 saturated heterocycles. The molecule has 0 bridgehead atoms. The molecule has 0 amide bonds. The molecule has 0 fully saturated rings. The fourth-order valence-electron chi connectivity index (χ4n) is 1.89. The number of aromatic nitrogens is 2. The molecule has 7 heteroatoms. The topological polar surface area (TPSA) is 27.1 Å². The van der Waals surface area contributed by atoms with E-state index in [1.807, 2.05) is 54.6 Å². The van der Waals surface area contributed by atoms with E-state index in [9.17, 15) is 0 Å². The molecule has 0 aliphatic carbocycles. The zero-order valence-corrected chi connectivity index (χ0v) is 15.2. The average molecular weight is 381 g/mol. The molecule has 0 aliphatic rings. The van der Waals surface area contributed by atoms with Crippen LogP contribution in [0.15, 0.2) is 58.9 Å². The van der Waals surface area contributed by atoms with E-state index in [1.165, 1.54) is 11.3 Å². The second-order valence-electron chi connectivity index (χ2n) is 4.51. The predicted molar refractivity (Wildman–Crippen MR) is 99.9 cm³/mol. The van der Waals surface area contributed by atoms with Gasteiger partial charge in [0.05, 0.1) is 17.3 Å². The van der Waals surface area contributed by atoms with Gasteiger partial charge in [-0.3, -0.25) is 0 Å². The summed E-state index contributed by atoms with van der Waals surface area (Å²) in [7, 11) is 0. The standard InChI is InChI=1S/C16H13ClN2OS3/c17-13-8-4-5-9-14(13)20-10-11-22-15-18-19(16(21)23-15)12-6-2-1-3-7-12/h1-9H,10-11H2. The van der Waals surface area contributed by atoms with E-state index in [0.717, 1.165) is 19.7 Å². The quantitative estimate of drug-likeness (QED) is 0.321. The van der Waals surface area contributed by atoms with Gasteiger partial charge >= 0.3 is 0 Å². The van der Waals surface area contributed by atoms with Crippen molar-refractivity contribution in [2.24, 2.45) is 0 Å². The Balaban J connectivity index is 1.57. The summed E-state index contributed by atoms with van der Waals surface area (Å²) in [5, 5.41) is 5.18. The van der Waals surface area contributed by atoms with Gasteiger partial charge in [-0.25, -0.2) is 4.68 Å². The van der Waals surface area contributed by atoms with Gasteiger partial charge in [0.25, 0.3) is 0 Å². The Hall–Kier alpha value is -1.34. The van der Waals surface area contributed by atoms with Crippen molar-refractivity contribution in [2.75, 3.05) is 12.4 Å². The SMILES string of the molecule is S=c1sc(SCCOc2ccccc2Cl)nn1-c1ccccc1. The zero-order chi connectivity index (χ0) is 16.1. The molecule has 1 aromatic heterocycles. The van der Waals surface area contributed by atoms with Crippen LogP contribution in [0.2, 0.25) is 5.02 Å². The summed E-state index contributed by atoms with van der Waals surface area (Å²) in [5.74, 6) is 1.49. The number of benzene rings is 2. The molecule has 1 heterocycles. The Bertz CT molecular complexity index is 833. The first-order valence-electron chi connectivity index (χ1n) is 6.90. The summed E-state index contributed by atoms with van der Waals surface area (Å²) >= 11 is 14.6. The molecule has 0 spiro atoms. The van der Waals surface area contributed by atoms with Gasteiger partial charge in [-0.1, -0.05) is 65.0 Å². The Kier molecular flexibility index (Phi) is 5.72. The van der Waals surface area contributed by atoms with Gasteiger partial charge in [-0.15, -0.1) is 5.10 Å². The van der Waals surface area contributed by atoms with Crippen molar-refractivity contribution in [1.29, 1.82) is 0 Å². The highest BCUT2D eigenvalue weighted by atomic mass is 35.5. The third-order valence-electron chi connectivity index (χ3n) is 2.93. The van der Waals surface area contributed by atoms with Gasteiger partial charge in [0, 0.05) is 5.75 Å². The largest absolute Gasteiger partial charge is 0.491 e. The summed E-state index contributed by atoms with van der Waals surface area (Å²) in [5.41, 5.74) is 0.980. The molecule has 0 atom stereocenters. The van der Waals surface area contributed by atoms with Gasteiger partial charge in [-0.2, -0.15) is 0 Å². The van der Waals surface area contributed by atoms with Gasteiger partial charge in [0.1, 0.15) is 5.75 Å². The van der Waals surface area contributed by atoms with Crippen LogP contribution in [-0.4, -0.2) is 22.1 Å². The van der Waals surface area contributed by atoms with E-state index in [2.05, 4.69) is 5.10 Å². The van der Waals surface area contributed by atoms with E-state index < -0.39 is 0 Å². The summed E-state index contributed by atoms with van der Waals surface area (Å²) in [6.07, 6.45) is 0. The number of rotatable bonds is 6. The Morgan fingerprint density at radius 1 is 1.13 bits per heavy atom. The highest BCUT2D eigenvalue weighted by Crippen LogP contribution is 2.26. The van der Waals surface area contributed by atoms with Crippen molar-refractivity contribution in [2.45, 2.75) is 4.34 Å². The first-order valence-corrected chi connectivity index (χ1v) is 9.48. The van der Waals surface area contributed by atoms with Crippen LogP contribution in [0, 0.1) is 3.95 Å². The lowest BCUT2D eigenvalue weighted by atomic mass is 10.3. The first-order chi connectivity index (χ1) is 11.2. The van der Waals surface area contributed by atoms with Gasteiger partial charge in [0.15, 0.2) is 8.29 Å². The molecule has 23 heavy (non-hydrogen) atoms. The number of nitrogens with zero attached hydrogens (tertiary/aromatic N) is 2. The predicted octanol–water partition coefficient (Wildman–Crippen LogP) is 5.49. The van der Waals surface area contributed by atoms with E-state index in [-0.39, 0.29) is 0 Å². The third kappa shape index (κ3) is 4.35. The second kappa shape index (κ2) is 7.97. The Morgan fingerprint density at radius 2 is 1.87 bits per heavy atom.